The normalized spacial score (nSPS) is 14.3. The third-order valence-electron chi connectivity index (χ3n) is 2.62. The van der Waals surface area contributed by atoms with Gasteiger partial charge in [-0.25, -0.2) is 0 Å². The lowest BCUT2D eigenvalue weighted by atomic mass is 10.2. The van der Waals surface area contributed by atoms with E-state index < -0.39 is 0 Å². The second kappa shape index (κ2) is 7.12. The van der Waals surface area contributed by atoms with Crippen molar-refractivity contribution in [2.75, 3.05) is 25.5 Å². The predicted molar refractivity (Wildman–Crippen MR) is 76.9 cm³/mol. The van der Waals surface area contributed by atoms with Gasteiger partial charge in [0, 0.05) is 12.2 Å². The van der Waals surface area contributed by atoms with Crippen LogP contribution in [0.1, 0.15) is 18.4 Å². The lowest BCUT2D eigenvalue weighted by molar-refractivity contribution is 0.297. The van der Waals surface area contributed by atoms with Gasteiger partial charge in [-0.2, -0.15) is 11.8 Å². The first kappa shape index (κ1) is 13.8. The van der Waals surface area contributed by atoms with E-state index in [0.29, 0.717) is 24.0 Å². The molecule has 18 heavy (non-hydrogen) atoms. The molecule has 1 aliphatic heterocycles. The largest absolute Gasteiger partial charge is 0.489 e. The lowest BCUT2D eigenvalue weighted by Gasteiger charge is -2.11. The van der Waals surface area contributed by atoms with Gasteiger partial charge in [-0.3, -0.25) is 0 Å². The Kier molecular flexibility index (Phi) is 5.47. The van der Waals surface area contributed by atoms with E-state index in [2.05, 4.69) is 0 Å². The van der Waals surface area contributed by atoms with Gasteiger partial charge in [0.25, 0.3) is 0 Å². The molecule has 0 amide bonds. The van der Waals surface area contributed by atoms with Gasteiger partial charge in [-0.1, -0.05) is 11.6 Å². The second-order valence-electron chi connectivity index (χ2n) is 4.15. The summed E-state index contributed by atoms with van der Waals surface area (Å²) in [5, 5.41) is 0.642. The molecule has 5 heteroatoms. The number of hydrogen-bond acceptors (Lipinski definition) is 4. The standard InChI is InChI=1S/C13H18ClNO2S/c14-11-7-10(9-18-6-1-3-15)8-12-13(11)17-5-2-4-16-12/h7-8H,1-6,9,15H2. The number of benzene rings is 1. The Balaban J connectivity index is 2.04. The summed E-state index contributed by atoms with van der Waals surface area (Å²) in [6.07, 6.45) is 1.94. The van der Waals surface area contributed by atoms with Crippen LogP contribution in [0.3, 0.4) is 0 Å². The van der Waals surface area contributed by atoms with E-state index in [1.54, 1.807) is 0 Å². The maximum Gasteiger partial charge on any atom is 0.179 e. The van der Waals surface area contributed by atoms with Gasteiger partial charge >= 0.3 is 0 Å². The monoisotopic (exact) mass is 287 g/mol. The fraction of sp³-hybridized carbons (Fsp3) is 0.538. The zero-order valence-corrected chi connectivity index (χ0v) is 11.9. The van der Waals surface area contributed by atoms with Crippen LogP contribution in [-0.2, 0) is 5.75 Å². The molecule has 0 unspecified atom stereocenters. The Morgan fingerprint density at radius 3 is 2.94 bits per heavy atom. The van der Waals surface area contributed by atoms with Crippen molar-refractivity contribution >= 4 is 23.4 Å². The minimum atomic E-state index is 0.642. The summed E-state index contributed by atoms with van der Waals surface area (Å²) < 4.78 is 11.3. The van der Waals surface area contributed by atoms with Crippen LogP contribution >= 0.6 is 23.4 Å². The van der Waals surface area contributed by atoms with Gasteiger partial charge in [0.15, 0.2) is 11.5 Å². The van der Waals surface area contributed by atoms with Gasteiger partial charge in [-0.05, 0) is 36.4 Å². The quantitative estimate of drug-likeness (QED) is 0.845. The highest BCUT2D eigenvalue weighted by Gasteiger charge is 2.15. The first-order valence-electron chi connectivity index (χ1n) is 6.17. The molecule has 0 spiro atoms. The third kappa shape index (κ3) is 3.70. The Morgan fingerprint density at radius 1 is 1.28 bits per heavy atom. The topological polar surface area (TPSA) is 44.5 Å². The van der Waals surface area contributed by atoms with E-state index in [-0.39, 0.29) is 0 Å². The van der Waals surface area contributed by atoms with Crippen LogP contribution in [0.15, 0.2) is 12.1 Å². The molecule has 1 aliphatic rings. The smallest absolute Gasteiger partial charge is 0.179 e. The summed E-state index contributed by atoms with van der Waals surface area (Å²) in [6.45, 7) is 2.10. The molecule has 0 aliphatic carbocycles. The Morgan fingerprint density at radius 2 is 2.11 bits per heavy atom. The van der Waals surface area contributed by atoms with E-state index in [4.69, 9.17) is 26.8 Å². The molecule has 0 saturated heterocycles. The molecule has 100 valence electrons. The molecule has 0 fully saturated rings. The molecule has 3 nitrogen and oxygen atoms in total. The summed E-state index contributed by atoms with van der Waals surface area (Å²) >= 11 is 8.09. The van der Waals surface area contributed by atoms with Crippen LogP contribution in [0.4, 0.5) is 0 Å². The fourth-order valence-electron chi connectivity index (χ4n) is 1.74. The van der Waals surface area contributed by atoms with E-state index in [9.17, 15) is 0 Å². The van der Waals surface area contributed by atoms with Gasteiger partial charge in [-0.15, -0.1) is 0 Å². The zero-order chi connectivity index (χ0) is 12.8. The molecule has 0 aromatic heterocycles. The average Bonchev–Trinajstić information content (AvgIpc) is 2.60. The number of nitrogens with two attached hydrogens (primary N) is 1. The third-order valence-corrected chi connectivity index (χ3v) is 4.02. The predicted octanol–water partition coefficient (Wildman–Crippen LogP) is 3.08. The van der Waals surface area contributed by atoms with Crippen LogP contribution in [0.25, 0.3) is 0 Å². The van der Waals surface area contributed by atoms with E-state index in [1.807, 2.05) is 23.9 Å². The minimum absolute atomic E-state index is 0.642. The maximum absolute atomic E-state index is 6.23. The molecule has 1 aromatic carbocycles. The van der Waals surface area contributed by atoms with Crippen molar-refractivity contribution in [3.05, 3.63) is 22.7 Å². The highest BCUT2D eigenvalue weighted by Crippen LogP contribution is 2.38. The molecule has 2 N–H and O–H groups in total. The van der Waals surface area contributed by atoms with Crippen molar-refractivity contribution in [3.63, 3.8) is 0 Å². The number of thioether (sulfide) groups is 1. The summed E-state index contributed by atoms with van der Waals surface area (Å²) in [5.41, 5.74) is 6.64. The van der Waals surface area contributed by atoms with Crippen molar-refractivity contribution in [1.29, 1.82) is 0 Å². The lowest BCUT2D eigenvalue weighted by Crippen LogP contribution is -1.99. The summed E-state index contributed by atoms with van der Waals surface area (Å²) in [6, 6.07) is 3.99. The maximum atomic E-state index is 6.23. The van der Waals surface area contributed by atoms with Gasteiger partial charge in [0.1, 0.15) is 0 Å². The average molecular weight is 288 g/mol. The summed E-state index contributed by atoms with van der Waals surface area (Å²) in [4.78, 5) is 0. The van der Waals surface area contributed by atoms with Crippen LogP contribution in [0.2, 0.25) is 5.02 Å². The van der Waals surface area contributed by atoms with E-state index >= 15 is 0 Å². The van der Waals surface area contributed by atoms with Gasteiger partial charge in [0.2, 0.25) is 0 Å². The number of ether oxygens (including phenoxy) is 2. The van der Waals surface area contributed by atoms with Crippen molar-refractivity contribution in [3.8, 4) is 11.5 Å². The molecule has 2 rings (SSSR count). The summed E-state index contributed by atoms with van der Waals surface area (Å²) in [7, 11) is 0. The fourth-order valence-corrected chi connectivity index (χ4v) is 2.95. The molecule has 0 saturated carbocycles. The first-order valence-corrected chi connectivity index (χ1v) is 7.70. The number of rotatable bonds is 5. The Labute approximate surface area is 117 Å². The van der Waals surface area contributed by atoms with Crippen LogP contribution < -0.4 is 15.2 Å². The van der Waals surface area contributed by atoms with Crippen molar-refractivity contribution in [2.24, 2.45) is 5.73 Å². The van der Waals surface area contributed by atoms with E-state index in [0.717, 1.165) is 36.6 Å². The van der Waals surface area contributed by atoms with Crippen molar-refractivity contribution in [1.82, 2.24) is 0 Å². The summed E-state index contributed by atoms with van der Waals surface area (Å²) in [5.74, 6) is 3.46. The molecule has 0 bridgehead atoms. The van der Waals surface area contributed by atoms with Crippen LogP contribution in [-0.4, -0.2) is 25.5 Å². The molecular formula is C13H18ClNO2S. The molecular weight excluding hydrogens is 270 g/mol. The van der Waals surface area contributed by atoms with Gasteiger partial charge < -0.3 is 15.2 Å². The molecule has 0 radical (unpaired) electrons. The SMILES string of the molecule is NCCCSCc1cc(Cl)c2c(c1)OCCCO2. The number of hydrogen-bond donors (Lipinski definition) is 1. The van der Waals surface area contributed by atoms with E-state index in [1.165, 1.54) is 5.56 Å². The van der Waals surface area contributed by atoms with Crippen molar-refractivity contribution in [2.45, 2.75) is 18.6 Å². The first-order chi connectivity index (χ1) is 8.81. The molecule has 1 heterocycles. The van der Waals surface area contributed by atoms with Crippen LogP contribution in [0.5, 0.6) is 11.5 Å². The van der Waals surface area contributed by atoms with Gasteiger partial charge in [0.05, 0.1) is 18.2 Å². The number of fused-ring (bicyclic) bond motifs is 1. The van der Waals surface area contributed by atoms with Crippen LogP contribution in [0, 0.1) is 0 Å². The molecule has 0 atom stereocenters. The minimum Gasteiger partial charge on any atom is -0.489 e. The highest BCUT2D eigenvalue weighted by molar-refractivity contribution is 7.98. The zero-order valence-electron chi connectivity index (χ0n) is 10.3. The Hall–Kier alpha value is -0.580. The molecule has 1 aromatic rings. The highest BCUT2D eigenvalue weighted by atomic mass is 35.5. The van der Waals surface area contributed by atoms with Crippen molar-refractivity contribution < 1.29 is 9.47 Å². The Bertz CT molecular complexity index is 401. The number of halogens is 1. The second-order valence-corrected chi connectivity index (χ2v) is 5.66.